The smallest absolute Gasteiger partial charge is 0.248 e. The van der Waals surface area contributed by atoms with Crippen LogP contribution in [-0.4, -0.2) is 57.0 Å². The van der Waals surface area contributed by atoms with E-state index in [-0.39, 0.29) is 18.5 Å². The van der Waals surface area contributed by atoms with Crippen LogP contribution in [0.3, 0.4) is 0 Å². The fourth-order valence-electron chi connectivity index (χ4n) is 2.47. The maximum atomic E-state index is 12.2. The van der Waals surface area contributed by atoms with E-state index in [1.165, 1.54) is 0 Å². The molecule has 0 saturated carbocycles. The van der Waals surface area contributed by atoms with E-state index in [4.69, 9.17) is 9.26 Å². The largest absolute Gasteiger partial charge is 0.378 e. The molecule has 0 aliphatic carbocycles. The number of nitrogens with one attached hydrogen (secondary N) is 1. The van der Waals surface area contributed by atoms with Gasteiger partial charge in [-0.1, -0.05) is 12.1 Å². The first kappa shape index (κ1) is 16.4. The number of hydrogen-bond acceptors (Lipinski definition) is 7. The number of aryl methyl sites for hydroxylation is 1. The molecule has 1 amide bonds. The summed E-state index contributed by atoms with van der Waals surface area (Å²) in [7, 11) is 0. The highest BCUT2D eigenvalue weighted by Crippen LogP contribution is 2.17. The SMILES string of the molecule is CCc1noc([C@H](C)Nc2cnn(CC(=O)N3CCOCC3)c2)n1. The van der Waals surface area contributed by atoms with Gasteiger partial charge in [-0.2, -0.15) is 10.1 Å². The van der Waals surface area contributed by atoms with Crippen LogP contribution in [0.4, 0.5) is 5.69 Å². The number of ether oxygens (including phenoxy) is 1. The van der Waals surface area contributed by atoms with Crippen LogP contribution in [0, 0.1) is 0 Å². The van der Waals surface area contributed by atoms with Crippen molar-refractivity contribution in [1.82, 2.24) is 24.8 Å². The Morgan fingerprint density at radius 2 is 2.21 bits per heavy atom. The molecule has 3 heterocycles. The van der Waals surface area contributed by atoms with Gasteiger partial charge in [-0.05, 0) is 6.92 Å². The molecule has 0 aromatic carbocycles. The molecule has 130 valence electrons. The minimum Gasteiger partial charge on any atom is -0.378 e. The van der Waals surface area contributed by atoms with E-state index >= 15 is 0 Å². The fraction of sp³-hybridized carbons (Fsp3) is 0.600. The second kappa shape index (κ2) is 7.43. The van der Waals surface area contributed by atoms with Gasteiger partial charge in [-0.25, -0.2) is 0 Å². The molecule has 9 heteroatoms. The Morgan fingerprint density at radius 1 is 1.42 bits per heavy atom. The summed E-state index contributed by atoms with van der Waals surface area (Å²) in [6.07, 6.45) is 4.21. The third-order valence-electron chi connectivity index (χ3n) is 3.85. The Kier molecular flexibility index (Phi) is 5.09. The first-order valence-electron chi connectivity index (χ1n) is 8.12. The molecule has 0 unspecified atom stereocenters. The molecule has 1 fully saturated rings. The summed E-state index contributed by atoms with van der Waals surface area (Å²) in [5.74, 6) is 1.26. The van der Waals surface area contributed by atoms with Crippen molar-refractivity contribution in [3.05, 3.63) is 24.1 Å². The summed E-state index contributed by atoms with van der Waals surface area (Å²) in [5, 5.41) is 11.4. The number of anilines is 1. The number of carbonyl (C=O) groups is 1. The van der Waals surface area contributed by atoms with Crippen molar-refractivity contribution in [3.63, 3.8) is 0 Å². The molecular weight excluding hydrogens is 312 g/mol. The van der Waals surface area contributed by atoms with Crippen molar-refractivity contribution in [3.8, 4) is 0 Å². The lowest BCUT2D eigenvalue weighted by Gasteiger charge is -2.26. The maximum Gasteiger partial charge on any atom is 0.248 e. The topological polar surface area (TPSA) is 98.3 Å². The predicted molar refractivity (Wildman–Crippen MR) is 85.3 cm³/mol. The summed E-state index contributed by atoms with van der Waals surface area (Å²) >= 11 is 0. The summed E-state index contributed by atoms with van der Waals surface area (Å²) in [5.41, 5.74) is 0.800. The first-order valence-corrected chi connectivity index (χ1v) is 8.12. The molecule has 0 bridgehead atoms. The number of morpholine rings is 1. The molecule has 0 spiro atoms. The van der Waals surface area contributed by atoms with Crippen molar-refractivity contribution < 1.29 is 14.1 Å². The van der Waals surface area contributed by atoms with Gasteiger partial charge in [0.25, 0.3) is 0 Å². The van der Waals surface area contributed by atoms with Crippen LogP contribution >= 0.6 is 0 Å². The Labute approximate surface area is 140 Å². The lowest BCUT2D eigenvalue weighted by Crippen LogP contribution is -2.42. The summed E-state index contributed by atoms with van der Waals surface area (Å²) in [4.78, 5) is 18.3. The maximum absolute atomic E-state index is 12.2. The highest BCUT2D eigenvalue weighted by Gasteiger charge is 2.18. The molecular formula is C15H22N6O3. The number of aromatic nitrogens is 4. The number of hydrogen-bond donors (Lipinski definition) is 1. The zero-order chi connectivity index (χ0) is 16.9. The van der Waals surface area contributed by atoms with Gasteiger partial charge in [-0.15, -0.1) is 0 Å². The number of nitrogens with zero attached hydrogens (tertiary/aromatic N) is 5. The Morgan fingerprint density at radius 3 is 2.92 bits per heavy atom. The van der Waals surface area contributed by atoms with E-state index < -0.39 is 0 Å². The van der Waals surface area contributed by atoms with Crippen molar-refractivity contribution in [1.29, 1.82) is 0 Å². The quantitative estimate of drug-likeness (QED) is 0.836. The standard InChI is InChI=1S/C15H22N6O3/c1-3-13-18-15(24-19-13)11(2)17-12-8-16-21(9-12)10-14(22)20-4-6-23-7-5-20/h8-9,11,17H,3-7,10H2,1-2H3/t11-/m0/s1. The Balaban J connectivity index is 1.55. The minimum atomic E-state index is -0.134. The van der Waals surface area contributed by atoms with E-state index in [1.807, 2.05) is 13.8 Å². The molecule has 9 nitrogen and oxygen atoms in total. The van der Waals surface area contributed by atoms with Crippen molar-refractivity contribution in [2.45, 2.75) is 32.9 Å². The van der Waals surface area contributed by atoms with Crippen LogP contribution in [0.2, 0.25) is 0 Å². The third-order valence-corrected chi connectivity index (χ3v) is 3.85. The Bertz CT molecular complexity index is 676. The van der Waals surface area contributed by atoms with Crippen LogP contribution in [0.1, 0.15) is 31.6 Å². The fourth-order valence-corrected chi connectivity index (χ4v) is 2.47. The van der Waals surface area contributed by atoms with Crippen LogP contribution in [0.5, 0.6) is 0 Å². The molecule has 0 radical (unpaired) electrons. The summed E-state index contributed by atoms with van der Waals surface area (Å²) < 4.78 is 12.1. The minimum absolute atomic E-state index is 0.0467. The predicted octanol–water partition coefficient (Wildman–Crippen LogP) is 0.860. The van der Waals surface area contributed by atoms with Crippen LogP contribution in [0.25, 0.3) is 0 Å². The molecule has 24 heavy (non-hydrogen) atoms. The Hall–Kier alpha value is -2.42. The van der Waals surface area contributed by atoms with E-state index in [1.54, 1.807) is 22.0 Å². The van der Waals surface area contributed by atoms with Crippen molar-refractivity contribution >= 4 is 11.6 Å². The number of amides is 1. The van der Waals surface area contributed by atoms with E-state index in [2.05, 4.69) is 20.6 Å². The zero-order valence-electron chi connectivity index (χ0n) is 13.9. The monoisotopic (exact) mass is 334 g/mol. The first-order chi connectivity index (χ1) is 11.7. The lowest BCUT2D eigenvalue weighted by atomic mass is 10.3. The van der Waals surface area contributed by atoms with Gasteiger partial charge in [0.05, 0.1) is 25.1 Å². The van der Waals surface area contributed by atoms with Gasteiger partial charge in [0, 0.05) is 25.7 Å². The van der Waals surface area contributed by atoms with Gasteiger partial charge < -0.3 is 19.5 Å². The normalized spacial score (nSPS) is 16.2. The molecule has 1 N–H and O–H groups in total. The van der Waals surface area contributed by atoms with Gasteiger partial charge in [0.2, 0.25) is 11.8 Å². The van der Waals surface area contributed by atoms with Crippen molar-refractivity contribution in [2.75, 3.05) is 31.6 Å². The zero-order valence-corrected chi connectivity index (χ0v) is 13.9. The van der Waals surface area contributed by atoms with E-state index in [0.717, 1.165) is 12.1 Å². The second-order valence-electron chi connectivity index (χ2n) is 5.69. The van der Waals surface area contributed by atoms with Gasteiger partial charge >= 0.3 is 0 Å². The van der Waals surface area contributed by atoms with Crippen LogP contribution < -0.4 is 5.32 Å². The summed E-state index contributed by atoms with van der Waals surface area (Å²) in [6.45, 7) is 6.60. The van der Waals surface area contributed by atoms with E-state index in [9.17, 15) is 4.79 Å². The van der Waals surface area contributed by atoms with Crippen LogP contribution in [-0.2, 0) is 22.5 Å². The average Bonchev–Trinajstić information content (AvgIpc) is 3.25. The van der Waals surface area contributed by atoms with Gasteiger partial charge in [0.1, 0.15) is 12.6 Å². The summed E-state index contributed by atoms with van der Waals surface area (Å²) in [6, 6.07) is -0.134. The molecule has 1 aliphatic rings. The molecule has 1 atom stereocenters. The highest BCUT2D eigenvalue weighted by molar-refractivity contribution is 5.76. The molecule has 2 aromatic heterocycles. The molecule has 1 saturated heterocycles. The third kappa shape index (κ3) is 3.91. The van der Waals surface area contributed by atoms with Crippen LogP contribution in [0.15, 0.2) is 16.9 Å². The van der Waals surface area contributed by atoms with E-state index in [0.29, 0.717) is 38.0 Å². The number of rotatable bonds is 6. The van der Waals surface area contributed by atoms with Gasteiger partial charge in [-0.3, -0.25) is 9.48 Å². The lowest BCUT2D eigenvalue weighted by molar-refractivity contribution is -0.136. The average molecular weight is 334 g/mol. The number of carbonyl (C=O) groups excluding carboxylic acids is 1. The molecule has 2 aromatic rings. The van der Waals surface area contributed by atoms with Crippen molar-refractivity contribution in [2.24, 2.45) is 0 Å². The van der Waals surface area contributed by atoms with Gasteiger partial charge in [0.15, 0.2) is 5.82 Å². The highest BCUT2D eigenvalue weighted by atomic mass is 16.5. The second-order valence-corrected chi connectivity index (χ2v) is 5.69. The molecule has 1 aliphatic heterocycles. The molecule has 3 rings (SSSR count).